The fourth-order valence-corrected chi connectivity index (χ4v) is 1.69. The van der Waals surface area contributed by atoms with Crippen LogP contribution in [-0.2, 0) is 9.53 Å². The molecule has 0 aromatic heterocycles. The van der Waals surface area contributed by atoms with E-state index in [9.17, 15) is 4.79 Å². The van der Waals surface area contributed by atoms with Gasteiger partial charge in [0.15, 0.2) is 0 Å². The summed E-state index contributed by atoms with van der Waals surface area (Å²) < 4.78 is 4.83. The van der Waals surface area contributed by atoms with Gasteiger partial charge in [0.05, 0.1) is 6.61 Å². The minimum Gasteiger partial charge on any atom is -0.383 e. The van der Waals surface area contributed by atoms with Crippen molar-refractivity contribution in [3.63, 3.8) is 0 Å². The Morgan fingerprint density at radius 2 is 2.31 bits per heavy atom. The first kappa shape index (κ1) is 10.9. The average molecular weight is 203 g/mol. The highest BCUT2D eigenvalue weighted by molar-refractivity contribution is 7.80. The van der Waals surface area contributed by atoms with E-state index in [4.69, 9.17) is 4.74 Å². The van der Waals surface area contributed by atoms with Crippen molar-refractivity contribution in [2.45, 2.75) is 19.3 Å². The lowest BCUT2D eigenvalue weighted by Gasteiger charge is -2.11. The fraction of sp³-hybridized carbons (Fsp3) is 0.889. The SMILES string of the molecule is COCCNC(=O)CC1(CS)CC1. The molecule has 1 amide bonds. The molecule has 0 aliphatic heterocycles. The molecule has 1 N–H and O–H groups in total. The van der Waals surface area contributed by atoms with Gasteiger partial charge < -0.3 is 10.1 Å². The maximum Gasteiger partial charge on any atom is 0.220 e. The molecule has 1 aliphatic rings. The van der Waals surface area contributed by atoms with Gasteiger partial charge in [-0.1, -0.05) is 0 Å². The molecule has 0 unspecified atom stereocenters. The van der Waals surface area contributed by atoms with E-state index in [2.05, 4.69) is 17.9 Å². The highest BCUT2D eigenvalue weighted by Gasteiger charge is 2.42. The molecule has 1 aliphatic carbocycles. The summed E-state index contributed by atoms with van der Waals surface area (Å²) in [4.78, 5) is 11.3. The van der Waals surface area contributed by atoms with Crippen molar-refractivity contribution < 1.29 is 9.53 Å². The van der Waals surface area contributed by atoms with Crippen LogP contribution in [0.25, 0.3) is 0 Å². The summed E-state index contributed by atoms with van der Waals surface area (Å²) in [7, 11) is 1.63. The molecule has 1 fully saturated rings. The fourth-order valence-electron chi connectivity index (χ4n) is 1.26. The van der Waals surface area contributed by atoms with Gasteiger partial charge in [-0.2, -0.15) is 12.6 Å². The van der Waals surface area contributed by atoms with Gasteiger partial charge in [-0.3, -0.25) is 4.79 Å². The third-order valence-electron chi connectivity index (χ3n) is 2.46. The Balaban J connectivity index is 2.11. The summed E-state index contributed by atoms with van der Waals surface area (Å²) in [6.45, 7) is 1.19. The van der Waals surface area contributed by atoms with E-state index in [1.54, 1.807) is 7.11 Å². The number of rotatable bonds is 6. The van der Waals surface area contributed by atoms with Crippen LogP contribution in [0.2, 0.25) is 0 Å². The van der Waals surface area contributed by atoms with E-state index < -0.39 is 0 Å². The Kier molecular flexibility index (Phi) is 4.06. The van der Waals surface area contributed by atoms with E-state index in [1.165, 1.54) is 0 Å². The maximum atomic E-state index is 11.3. The predicted molar refractivity (Wildman–Crippen MR) is 55.0 cm³/mol. The number of carbonyl (C=O) groups is 1. The third-order valence-corrected chi connectivity index (χ3v) is 3.13. The molecule has 0 aromatic carbocycles. The van der Waals surface area contributed by atoms with Gasteiger partial charge in [0.1, 0.15) is 0 Å². The number of carbonyl (C=O) groups excluding carboxylic acids is 1. The highest BCUT2D eigenvalue weighted by Crippen LogP contribution is 2.49. The van der Waals surface area contributed by atoms with E-state index >= 15 is 0 Å². The lowest BCUT2D eigenvalue weighted by Crippen LogP contribution is -2.29. The van der Waals surface area contributed by atoms with Gasteiger partial charge in [-0.25, -0.2) is 0 Å². The van der Waals surface area contributed by atoms with Gasteiger partial charge in [-0.15, -0.1) is 0 Å². The summed E-state index contributed by atoms with van der Waals surface area (Å²) in [5.41, 5.74) is 0.222. The van der Waals surface area contributed by atoms with Crippen molar-refractivity contribution in [1.82, 2.24) is 5.32 Å². The lowest BCUT2D eigenvalue weighted by atomic mass is 10.1. The molecule has 0 bridgehead atoms. The normalized spacial score (nSPS) is 18.3. The second-order valence-electron chi connectivity index (χ2n) is 3.68. The Morgan fingerprint density at radius 1 is 1.62 bits per heavy atom. The van der Waals surface area contributed by atoms with Crippen LogP contribution in [0.3, 0.4) is 0 Å². The molecule has 0 aromatic rings. The number of thiol groups is 1. The van der Waals surface area contributed by atoms with Crippen molar-refractivity contribution in [3.8, 4) is 0 Å². The molecule has 1 saturated carbocycles. The standard InChI is InChI=1S/C9H17NO2S/c1-12-5-4-10-8(11)6-9(7-13)2-3-9/h13H,2-7H2,1H3,(H,10,11). The molecule has 1 rings (SSSR count). The smallest absolute Gasteiger partial charge is 0.220 e. The van der Waals surface area contributed by atoms with E-state index in [0.29, 0.717) is 19.6 Å². The third kappa shape index (κ3) is 3.56. The molecule has 76 valence electrons. The number of ether oxygens (including phenoxy) is 1. The Labute approximate surface area is 84.6 Å². The summed E-state index contributed by atoms with van der Waals surface area (Å²) >= 11 is 4.24. The molecule has 3 nitrogen and oxygen atoms in total. The largest absolute Gasteiger partial charge is 0.383 e. The number of amides is 1. The van der Waals surface area contributed by atoms with Crippen molar-refractivity contribution >= 4 is 18.5 Å². The number of methoxy groups -OCH3 is 1. The van der Waals surface area contributed by atoms with Crippen molar-refractivity contribution in [2.24, 2.45) is 5.41 Å². The van der Waals surface area contributed by atoms with Gasteiger partial charge in [0.25, 0.3) is 0 Å². The zero-order chi connectivity index (χ0) is 9.73. The molecular formula is C9H17NO2S. The predicted octanol–water partition coefficient (Wildman–Crippen LogP) is 0.849. The first-order chi connectivity index (χ1) is 6.22. The Morgan fingerprint density at radius 3 is 2.77 bits per heavy atom. The van der Waals surface area contributed by atoms with Crippen LogP contribution in [0.5, 0.6) is 0 Å². The van der Waals surface area contributed by atoms with Crippen LogP contribution in [0.15, 0.2) is 0 Å². The average Bonchev–Trinajstić information content (AvgIpc) is 2.86. The van der Waals surface area contributed by atoms with Gasteiger partial charge in [-0.05, 0) is 24.0 Å². The van der Waals surface area contributed by atoms with E-state index in [0.717, 1.165) is 18.6 Å². The minimum absolute atomic E-state index is 0.128. The minimum atomic E-state index is 0.128. The monoisotopic (exact) mass is 203 g/mol. The zero-order valence-electron chi connectivity index (χ0n) is 8.01. The van der Waals surface area contributed by atoms with Gasteiger partial charge in [0, 0.05) is 20.1 Å². The maximum absolute atomic E-state index is 11.3. The molecule has 0 saturated heterocycles. The molecule has 0 heterocycles. The molecule has 0 atom stereocenters. The van der Waals surface area contributed by atoms with Crippen LogP contribution in [0.4, 0.5) is 0 Å². The second-order valence-corrected chi connectivity index (χ2v) is 3.99. The van der Waals surface area contributed by atoms with Crippen molar-refractivity contribution in [2.75, 3.05) is 26.0 Å². The number of nitrogens with one attached hydrogen (secondary N) is 1. The summed E-state index contributed by atoms with van der Waals surface area (Å²) in [5, 5.41) is 2.82. The molecule has 0 spiro atoms. The number of hydrogen-bond acceptors (Lipinski definition) is 3. The van der Waals surface area contributed by atoms with E-state index in [-0.39, 0.29) is 11.3 Å². The molecular weight excluding hydrogens is 186 g/mol. The zero-order valence-corrected chi connectivity index (χ0v) is 8.90. The van der Waals surface area contributed by atoms with Crippen molar-refractivity contribution in [3.05, 3.63) is 0 Å². The quantitative estimate of drug-likeness (QED) is 0.496. The lowest BCUT2D eigenvalue weighted by molar-refractivity contribution is -0.122. The van der Waals surface area contributed by atoms with Crippen LogP contribution in [0, 0.1) is 5.41 Å². The van der Waals surface area contributed by atoms with Gasteiger partial charge >= 0.3 is 0 Å². The van der Waals surface area contributed by atoms with Crippen LogP contribution in [-0.4, -0.2) is 31.9 Å². The summed E-state index contributed by atoms with van der Waals surface area (Å²) in [5.74, 6) is 0.952. The Bertz CT molecular complexity index is 180. The molecule has 4 heteroatoms. The van der Waals surface area contributed by atoms with Gasteiger partial charge in [0.2, 0.25) is 5.91 Å². The second kappa shape index (κ2) is 4.86. The highest BCUT2D eigenvalue weighted by atomic mass is 32.1. The Hall–Kier alpha value is -0.220. The topological polar surface area (TPSA) is 38.3 Å². The summed E-state index contributed by atoms with van der Waals surface area (Å²) in [6, 6.07) is 0. The molecule has 13 heavy (non-hydrogen) atoms. The molecule has 0 radical (unpaired) electrons. The van der Waals surface area contributed by atoms with Crippen LogP contribution < -0.4 is 5.32 Å². The summed E-state index contributed by atoms with van der Waals surface area (Å²) in [6.07, 6.45) is 2.92. The first-order valence-electron chi connectivity index (χ1n) is 4.59. The number of hydrogen-bond donors (Lipinski definition) is 2. The van der Waals surface area contributed by atoms with E-state index in [1.807, 2.05) is 0 Å². The first-order valence-corrected chi connectivity index (χ1v) is 5.22. The van der Waals surface area contributed by atoms with Crippen LogP contribution in [0.1, 0.15) is 19.3 Å². The van der Waals surface area contributed by atoms with Crippen molar-refractivity contribution in [1.29, 1.82) is 0 Å². The van der Waals surface area contributed by atoms with Crippen LogP contribution >= 0.6 is 12.6 Å².